The lowest BCUT2D eigenvalue weighted by molar-refractivity contribution is 0.0659. The van der Waals surface area contributed by atoms with Crippen LogP contribution in [0.5, 0.6) is 23.0 Å². The molecule has 40 heavy (non-hydrogen) atoms. The van der Waals surface area contributed by atoms with Crippen LogP contribution in [-0.2, 0) is 13.0 Å². The Labute approximate surface area is 235 Å². The van der Waals surface area contributed by atoms with E-state index < -0.39 is 6.10 Å². The SMILES string of the molecule is COc1ccc2c(Oc3ccc(CCN(Cc4ccccc4)C[C@H](O)COc4ccccc4)cc3)ccnc2c1. The molecule has 0 spiro atoms. The Morgan fingerprint density at radius 2 is 1.50 bits per heavy atom. The summed E-state index contributed by atoms with van der Waals surface area (Å²) in [5.41, 5.74) is 3.23. The predicted octanol–water partition coefficient (Wildman–Crippen LogP) is 6.52. The molecule has 6 heteroatoms. The third kappa shape index (κ3) is 7.59. The van der Waals surface area contributed by atoms with Crippen LogP contribution in [0.2, 0.25) is 0 Å². The molecule has 1 N–H and O–H groups in total. The summed E-state index contributed by atoms with van der Waals surface area (Å²) in [6.45, 7) is 2.32. The maximum absolute atomic E-state index is 10.7. The van der Waals surface area contributed by atoms with Gasteiger partial charge in [-0.25, -0.2) is 0 Å². The molecule has 0 amide bonds. The summed E-state index contributed by atoms with van der Waals surface area (Å²) in [4.78, 5) is 6.71. The molecule has 0 aliphatic rings. The van der Waals surface area contributed by atoms with Gasteiger partial charge >= 0.3 is 0 Å². The molecule has 0 saturated heterocycles. The number of aliphatic hydroxyl groups excluding tert-OH is 1. The van der Waals surface area contributed by atoms with Gasteiger partial charge in [0.1, 0.15) is 35.7 Å². The number of aromatic nitrogens is 1. The van der Waals surface area contributed by atoms with E-state index in [2.05, 4.69) is 34.1 Å². The average Bonchev–Trinajstić information content (AvgIpc) is 3.00. The molecule has 1 atom stereocenters. The smallest absolute Gasteiger partial charge is 0.138 e. The van der Waals surface area contributed by atoms with Crippen molar-refractivity contribution in [2.75, 3.05) is 26.8 Å². The summed E-state index contributed by atoms with van der Waals surface area (Å²) < 4.78 is 17.3. The van der Waals surface area contributed by atoms with Gasteiger partial charge in [-0.15, -0.1) is 0 Å². The van der Waals surface area contributed by atoms with Gasteiger partial charge in [0.2, 0.25) is 0 Å². The highest BCUT2D eigenvalue weighted by Crippen LogP contribution is 2.31. The lowest BCUT2D eigenvalue weighted by Crippen LogP contribution is -2.36. The number of pyridine rings is 1. The van der Waals surface area contributed by atoms with Gasteiger partial charge in [-0.1, -0.05) is 60.7 Å². The van der Waals surface area contributed by atoms with Crippen molar-refractivity contribution >= 4 is 10.9 Å². The van der Waals surface area contributed by atoms with Crippen molar-refractivity contribution in [3.63, 3.8) is 0 Å². The van der Waals surface area contributed by atoms with Gasteiger partial charge in [-0.05, 0) is 60.0 Å². The zero-order valence-electron chi connectivity index (χ0n) is 22.6. The molecule has 4 aromatic carbocycles. The molecule has 0 aliphatic heterocycles. The first-order valence-electron chi connectivity index (χ1n) is 13.5. The van der Waals surface area contributed by atoms with E-state index in [4.69, 9.17) is 14.2 Å². The maximum atomic E-state index is 10.7. The van der Waals surface area contributed by atoms with Crippen LogP contribution in [-0.4, -0.2) is 47.9 Å². The number of rotatable bonds is 13. The Balaban J connectivity index is 1.20. The van der Waals surface area contributed by atoms with Gasteiger partial charge in [0, 0.05) is 37.3 Å². The van der Waals surface area contributed by atoms with E-state index in [0.29, 0.717) is 6.54 Å². The highest BCUT2D eigenvalue weighted by molar-refractivity contribution is 5.86. The van der Waals surface area contributed by atoms with Gasteiger partial charge in [0.15, 0.2) is 0 Å². The summed E-state index contributed by atoms with van der Waals surface area (Å²) in [5.74, 6) is 3.04. The molecule has 0 radical (unpaired) electrons. The summed E-state index contributed by atoms with van der Waals surface area (Å²) >= 11 is 0. The molecule has 5 rings (SSSR count). The summed E-state index contributed by atoms with van der Waals surface area (Å²) in [6, 6.07) is 35.8. The van der Waals surface area contributed by atoms with Crippen LogP contribution < -0.4 is 14.2 Å². The summed E-state index contributed by atoms with van der Waals surface area (Å²) in [6.07, 6.45) is 1.98. The molecule has 204 valence electrons. The molecular weight excluding hydrogens is 500 g/mol. The fourth-order valence-corrected chi connectivity index (χ4v) is 4.59. The van der Waals surface area contributed by atoms with E-state index >= 15 is 0 Å². The number of hydrogen-bond donors (Lipinski definition) is 1. The van der Waals surface area contributed by atoms with Gasteiger partial charge in [-0.2, -0.15) is 0 Å². The van der Waals surface area contributed by atoms with Crippen LogP contribution in [0.1, 0.15) is 11.1 Å². The minimum Gasteiger partial charge on any atom is -0.497 e. The van der Waals surface area contributed by atoms with Gasteiger partial charge in [0.25, 0.3) is 0 Å². The monoisotopic (exact) mass is 534 g/mol. The van der Waals surface area contributed by atoms with E-state index in [-0.39, 0.29) is 6.61 Å². The van der Waals surface area contributed by atoms with Crippen molar-refractivity contribution in [2.45, 2.75) is 19.1 Å². The first kappa shape index (κ1) is 27.2. The fraction of sp³-hybridized carbons (Fsp3) is 0.206. The third-order valence-electron chi connectivity index (χ3n) is 6.68. The minimum absolute atomic E-state index is 0.248. The molecule has 0 fully saturated rings. The highest BCUT2D eigenvalue weighted by Gasteiger charge is 2.14. The Bertz CT molecular complexity index is 1480. The molecule has 0 saturated carbocycles. The van der Waals surface area contributed by atoms with Crippen LogP contribution in [0.3, 0.4) is 0 Å². The average molecular weight is 535 g/mol. The number of aliphatic hydroxyl groups is 1. The predicted molar refractivity (Wildman–Crippen MR) is 158 cm³/mol. The van der Waals surface area contributed by atoms with Crippen molar-refractivity contribution in [1.82, 2.24) is 9.88 Å². The normalized spacial score (nSPS) is 11.9. The van der Waals surface area contributed by atoms with Crippen LogP contribution in [0.15, 0.2) is 115 Å². The maximum Gasteiger partial charge on any atom is 0.138 e. The van der Waals surface area contributed by atoms with E-state index in [1.54, 1.807) is 13.3 Å². The second kappa shape index (κ2) is 13.6. The number of ether oxygens (including phenoxy) is 3. The van der Waals surface area contributed by atoms with E-state index in [1.807, 2.05) is 84.9 Å². The zero-order valence-corrected chi connectivity index (χ0v) is 22.6. The van der Waals surface area contributed by atoms with Gasteiger partial charge in [0.05, 0.1) is 12.6 Å². The van der Waals surface area contributed by atoms with E-state index in [0.717, 1.165) is 53.4 Å². The van der Waals surface area contributed by atoms with Crippen molar-refractivity contribution in [1.29, 1.82) is 0 Å². The van der Waals surface area contributed by atoms with Crippen molar-refractivity contribution in [3.05, 3.63) is 127 Å². The van der Waals surface area contributed by atoms with Crippen molar-refractivity contribution in [2.24, 2.45) is 0 Å². The highest BCUT2D eigenvalue weighted by atomic mass is 16.5. The fourth-order valence-electron chi connectivity index (χ4n) is 4.59. The Morgan fingerprint density at radius 1 is 0.775 bits per heavy atom. The quantitative estimate of drug-likeness (QED) is 0.186. The minimum atomic E-state index is -0.602. The molecule has 6 nitrogen and oxygen atoms in total. The largest absolute Gasteiger partial charge is 0.497 e. The first-order chi connectivity index (χ1) is 19.7. The number of hydrogen-bond acceptors (Lipinski definition) is 6. The topological polar surface area (TPSA) is 64.1 Å². The Kier molecular flexibility index (Phi) is 9.25. The molecule has 0 aliphatic carbocycles. The molecule has 1 heterocycles. The van der Waals surface area contributed by atoms with Gasteiger partial charge < -0.3 is 19.3 Å². The lowest BCUT2D eigenvalue weighted by Gasteiger charge is -2.25. The number of fused-ring (bicyclic) bond motifs is 1. The lowest BCUT2D eigenvalue weighted by atomic mass is 10.1. The van der Waals surface area contributed by atoms with Crippen LogP contribution in [0.4, 0.5) is 0 Å². The number of nitrogens with zero attached hydrogens (tertiary/aromatic N) is 2. The molecular formula is C34H34N2O4. The van der Waals surface area contributed by atoms with Crippen molar-refractivity contribution in [3.8, 4) is 23.0 Å². The molecule has 1 aromatic heterocycles. The molecule has 0 unspecified atom stereocenters. The summed E-state index contributed by atoms with van der Waals surface area (Å²) in [5, 5.41) is 11.7. The second-order valence-corrected chi connectivity index (χ2v) is 9.69. The Hall–Kier alpha value is -4.39. The number of para-hydroxylation sites is 1. The van der Waals surface area contributed by atoms with Crippen LogP contribution in [0.25, 0.3) is 10.9 Å². The summed E-state index contributed by atoms with van der Waals surface area (Å²) in [7, 11) is 1.65. The number of methoxy groups -OCH3 is 1. The van der Waals surface area contributed by atoms with Crippen LogP contribution >= 0.6 is 0 Å². The standard InChI is InChI=1S/C34H34N2O4/c1-38-31-16-17-32-33(22-31)35-20-18-34(32)40-30-14-12-26(13-15-30)19-21-36(23-27-8-4-2-5-9-27)24-28(37)25-39-29-10-6-3-7-11-29/h2-18,20,22,28,37H,19,21,23-25H2,1H3/t28-/m0/s1. The molecule has 0 bridgehead atoms. The Morgan fingerprint density at radius 3 is 2.25 bits per heavy atom. The molecule has 5 aromatic rings. The van der Waals surface area contributed by atoms with E-state index in [1.165, 1.54) is 11.1 Å². The first-order valence-corrected chi connectivity index (χ1v) is 13.5. The second-order valence-electron chi connectivity index (χ2n) is 9.69. The van der Waals surface area contributed by atoms with Gasteiger partial charge in [-0.3, -0.25) is 9.88 Å². The number of benzene rings is 4. The third-order valence-corrected chi connectivity index (χ3v) is 6.68. The zero-order chi connectivity index (χ0) is 27.6. The van der Waals surface area contributed by atoms with E-state index in [9.17, 15) is 5.11 Å². The van der Waals surface area contributed by atoms with Crippen molar-refractivity contribution < 1.29 is 19.3 Å². The van der Waals surface area contributed by atoms with Crippen LogP contribution in [0, 0.1) is 0 Å².